The number of ketones is 1. The zero-order valence-electron chi connectivity index (χ0n) is 8.86. The Bertz CT molecular complexity index is 403. The molecule has 2 N–H and O–H groups in total. The van der Waals surface area contributed by atoms with E-state index in [0.717, 1.165) is 6.42 Å². The van der Waals surface area contributed by atoms with Gasteiger partial charge >= 0.3 is 0 Å². The van der Waals surface area contributed by atoms with E-state index in [9.17, 15) is 4.79 Å². The Morgan fingerprint density at radius 3 is 2.47 bits per heavy atom. The molecule has 2 rings (SSSR count). The quantitative estimate of drug-likeness (QED) is 0.757. The van der Waals surface area contributed by atoms with Crippen LogP contribution in [-0.2, 0) is 4.79 Å². The Kier molecular flexibility index (Phi) is 2.58. The van der Waals surface area contributed by atoms with E-state index in [4.69, 9.17) is 5.73 Å². The molecule has 0 spiro atoms. The third-order valence-electron chi connectivity index (χ3n) is 2.82. The van der Waals surface area contributed by atoms with Gasteiger partial charge in [-0.2, -0.15) is 0 Å². The summed E-state index contributed by atoms with van der Waals surface area (Å²) in [5, 5.41) is 0. The summed E-state index contributed by atoms with van der Waals surface area (Å²) in [4.78, 5) is 11.4. The summed E-state index contributed by atoms with van der Waals surface area (Å²) in [6.45, 7) is 2.06. The highest BCUT2D eigenvalue weighted by molar-refractivity contribution is 5.91. The van der Waals surface area contributed by atoms with Gasteiger partial charge in [0.05, 0.1) is 0 Å². The van der Waals surface area contributed by atoms with E-state index in [1.165, 1.54) is 11.1 Å². The Morgan fingerprint density at radius 1 is 1.20 bits per heavy atom. The molecule has 0 aliphatic heterocycles. The summed E-state index contributed by atoms with van der Waals surface area (Å²) < 4.78 is 0. The molecule has 1 aromatic carbocycles. The Morgan fingerprint density at radius 2 is 1.87 bits per heavy atom. The van der Waals surface area contributed by atoms with Crippen LogP contribution in [0.25, 0.3) is 0 Å². The van der Waals surface area contributed by atoms with Gasteiger partial charge in [0, 0.05) is 12.1 Å². The zero-order valence-corrected chi connectivity index (χ0v) is 8.86. The maximum absolute atomic E-state index is 11.4. The maximum atomic E-state index is 11.4. The summed E-state index contributed by atoms with van der Waals surface area (Å²) in [6.07, 6.45) is 2.95. The minimum atomic E-state index is 0.143. The lowest BCUT2D eigenvalue weighted by Gasteiger charge is -2.20. The smallest absolute Gasteiger partial charge is 0.158 e. The van der Waals surface area contributed by atoms with Crippen LogP contribution in [0, 0.1) is 6.92 Å². The second-order valence-corrected chi connectivity index (χ2v) is 4.20. The fourth-order valence-electron chi connectivity index (χ4n) is 2.00. The van der Waals surface area contributed by atoms with Crippen molar-refractivity contribution in [1.29, 1.82) is 0 Å². The molecule has 0 bridgehead atoms. The van der Waals surface area contributed by atoms with Crippen LogP contribution < -0.4 is 5.73 Å². The van der Waals surface area contributed by atoms with Crippen molar-refractivity contribution in [3.8, 4) is 0 Å². The highest BCUT2D eigenvalue weighted by atomic mass is 16.1. The lowest BCUT2D eigenvalue weighted by atomic mass is 9.85. The third-order valence-corrected chi connectivity index (χ3v) is 2.82. The minimum absolute atomic E-state index is 0.143. The van der Waals surface area contributed by atoms with Gasteiger partial charge in [-0.05, 0) is 30.9 Å². The molecule has 0 amide bonds. The van der Waals surface area contributed by atoms with Gasteiger partial charge in [0.25, 0.3) is 0 Å². The van der Waals surface area contributed by atoms with Gasteiger partial charge in [-0.3, -0.25) is 4.79 Å². The predicted octanol–water partition coefficient (Wildman–Crippen LogP) is 2.28. The molecule has 0 aromatic heterocycles. The fourth-order valence-corrected chi connectivity index (χ4v) is 2.00. The van der Waals surface area contributed by atoms with E-state index in [0.29, 0.717) is 12.1 Å². The van der Waals surface area contributed by atoms with Crippen LogP contribution in [-0.4, -0.2) is 5.78 Å². The molecule has 1 aliphatic rings. The second-order valence-electron chi connectivity index (χ2n) is 4.20. The van der Waals surface area contributed by atoms with E-state index in [1.54, 1.807) is 6.08 Å². The van der Waals surface area contributed by atoms with Crippen LogP contribution in [0.4, 0.5) is 0 Å². The molecule has 2 nitrogen and oxygen atoms in total. The van der Waals surface area contributed by atoms with Gasteiger partial charge in [-0.1, -0.05) is 29.8 Å². The number of rotatable bonds is 1. The van der Waals surface area contributed by atoms with Gasteiger partial charge < -0.3 is 5.73 Å². The molecule has 1 unspecified atom stereocenters. The van der Waals surface area contributed by atoms with Crippen LogP contribution in [0.15, 0.2) is 36.0 Å². The number of carbonyl (C=O) groups is 1. The van der Waals surface area contributed by atoms with E-state index >= 15 is 0 Å². The average Bonchev–Trinajstić information content (AvgIpc) is 2.17. The Balaban J connectivity index is 2.22. The summed E-state index contributed by atoms with van der Waals surface area (Å²) in [7, 11) is 0. The lowest BCUT2D eigenvalue weighted by molar-refractivity contribution is -0.115. The lowest BCUT2D eigenvalue weighted by Crippen LogP contribution is -2.16. The van der Waals surface area contributed by atoms with Crippen molar-refractivity contribution in [2.45, 2.75) is 25.7 Å². The molecule has 1 aliphatic carbocycles. The molecule has 0 saturated heterocycles. The number of carbonyl (C=O) groups excluding carboxylic acids is 1. The summed E-state index contributed by atoms with van der Waals surface area (Å²) in [5.41, 5.74) is 8.88. The van der Waals surface area contributed by atoms with E-state index < -0.39 is 0 Å². The molecule has 2 heteroatoms. The van der Waals surface area contributed by atoms with Crippen molar-refractivity contribution in [2.75, 3.05) is 0 Å². The Hall–Kier alpha value is -1.57. The van der Waals surface area contributed by atoms with Crippen LogP contribution in [0.1, 0.15) is 29.9 Å². The second kappa shape index (κ2) is 3.89. The first-order valence-corrected chi connectivity index (χ1v) is 5.20. The monoisotopic (exact) mass is 201 g/mol. The van der Waals surface area contributed by atoms with Crippen molar-refractivity contribution in [3.63, 3.8) is 0 Å². The first-order valence-electron chi connectivity index (χ1n) is 5.20. The summed E-state index contributed by atoms with van der Waals surface area (Å²) in [5.74, 6) is 0.410. The third kappa shape index (κ3) is 2.27. The van der Waals surface area contributed by atoms with Crippen LogP contribution in [0.3, 0.4) is 0 Å². The fraction of sp³-hybridized carbons (Fsp3) is 0.308. The molecule has 0 fully saturated rings. The molecule has 15 heavy (non-hydrogen) atoms. The molecular formula is C13H15NO. The van der Waals surface area contributed by atoms with Crippen molar-refractivity contribution in [1.82, 2.24) is 0 Å². The van der Waals surface area contributed by atoms with Crippen LogP contribution >= 0.6 is 0 Å². The number of aryl methyl sites for hydroxylation is 1. The van der Waals surface area contributed by atoms with E-state index in [-0.39, 0.29) is 11.7 Å². The largest absolute Gasteiger partial charge is 0.402 e. The van der Waals surface area contributed by atoms with Crippen LogP contribution in [0.2, 0.25) is 0 Å². The summed E-state index contributed by atoms with van der Waals surface area (Å²) in [6, 6.07) is 8.33. The first kappa shape index (κ1) is 9.97. The van der Waals surface area contributed by atoms with Gasteiger partial charge in [-0.15, -0.1) is 0 Å². The Labute approximate surface area is 89.8 Å². The molecule has 0 saturated carbocycles. The number of nitrogens with two attached hydrogens (primary N) is 1. The standard InChI is InChI=1S/C13H15NO/c1-9-2-4-10(5-3-9)11-6-12(14)8-13(15)7-11/h2-5,8,11H,6-7,14H2,1H3. The predicted molar refractivity (Wildman–Crippen MR) is 60.4 cm³/mol. The topological polar surface area (TPSA) is 43.1 Å². The minimum Gasteiger partial charge on any atom is -0.402 e. The first-order chi connectivity index (χ1) is 7.15. The maximum Gasteiger partial charge on any atom is 0.158 e. The highest BCUT2D eigenvalue weighted by Gasteiger charge is 2.20. The van der Waals surface area contributed by atoms with Crippen molar-refractivity contribution in [3.05, 3.63) is 47.2 Å². The number of hydrogen-bond acceptors (Lipinski definition) is 2. The number of benzene rings is 1. The van der Waals surface area contributed by atoms with E-state index in [2.05, 4.69) is 31.2 Å². The van der Waals surface area contributed by atoms with E-state index in [1.807, 2.05) is 0 Å². The van der Waals surface area contributed by atoms with Crippen molar-refractivity contribution < 1.29 is 4.79 Å². The van der Waals surface area contributed by atoms with Crippen molar-refractivity contribution in [2.24, 2.45) is 5.73 Å². The van der Waals surface area contributed by atoms with Crippen molar-refractivity contribution >= 4 is 5.78 Å². The average molecular weight is 201 g/mol. The molecule has 1 atom stereocenters. The van der Waals surface area contributed by atoms with Gasteiger partial charge in [0.1, 0.15) is 0 Å². The highest BCUT2D eigenvalue weighted by Crippen LogP contribution is 2.29. The molecule has 0 radical (unpaired) electrons. The number of allylic oxidation sites excluding steroid dienone is 2. The molecular weight excluding hydrogens is 186 g/mol. The normalized spacial score (nSPS) is 21.3. The number of hydrogen-bond donors (Lipinski definition) is 1. The van der Waals surface area contributed by atoms with Gasteiger partial charge in [-0.25, -0.2) is 0 Å². The molecule has 1 aromatic rings. The summed E-state index contributed by atoms with van der Waals surface area (Å²) >= 11 is 0. The SMILES string of the molecule is Cc1ccc(C2CC(=O)C=C(N)C2)cc1. The van der Waals surface area contributed by atoms with Gasteiger partial charge in [0.15, 0.2) is 5.78 Å². The van der Waals surface area contributed by atoms with Crippen LogP contribution in [0.5, 0.6) is 0 Å². The molecule has 0 heterocycles. The van der Waals surface area contributed by atoms with Gasteiger partial charge in [0.2, 0.25) is 0 Å². The zero-order chi connectivity index (χ0) is 10.8. The molecule has 78 valence electrons.